The Hall–Kier alpha value is -1.03. The Morgan fingerprint density at radius 2 is 2.50 bits per heavy atom. The number of aromatic nitrogens is 2. The van der Waals surface area contributed by atoms with Crippen LogP contribution in [0.4, 0.5) is 5.95 Å². The van der Waals surface area contributed by atoms with Gasteiger partial charge in [-0.15, -0.1) is 11.6 Å². The fourth-order valence-corrected chi connectivity index (χ4v) is 1.90. The molecule has 1 amide bonds. The standard InChI is InChI=1S/C9H12ClN3O/c1-12-3-2-11-9(12)13-6-7(5-10)4-8(13)14/h2-3,7H,4-6H2,1H3. The van der Waals surface area contributed by atoms with E-state index in [1.165, 1.54) is 0 Å². The lowest BCUT2D eigenvalue weighted by Crippen LogP contribution is -2.27. The van der Waals surface area contributed by atoms with Gasteiger partial charge in [-0.1, -0.05) is 0 Å². The van der Waals surface area contributed by atoms with E-state index in [2.05, 4.69) is 4.98 Å². The second-order valence-corrected chi connectivity index (χ2v) is 3.88. The third-order valence-corrected chi connectivity index (χ3v) is 2.90. The Labute approximate surface area is 87.5 Å². The van der Waals surface area contributed by atoms with Gasteiger partial charge in [-0.2, -0.15) is 0 Å². The molecule has 1 atom stereocenters. The second-order valence-electron chi connectivity index (χ2n) is 3.57. The highest BCUT2D eigenvalue weighted by Crippen LogP contribution is 2.23. The van der Waals surface area contributed by atoms with E-state index in [0.717, 1.165) is 0 Å². The monoisotopic (exact) mass is 213 g/mol. The van der Waals surface area contributed by atoms with Crippen LogP contribution < -0.4 is 4.90 Å². The van der Waals surface area contributed by atoms with Gasteiger partial charge in [0.15, 0.2) is 0 Å². The summed E-state index contributed by atoms with van der Waals surface area (Å²) < 4.78 is 1.84. The molecule has 1 unspecified atom stereocenters. The number of carbonyl (C=O) groups excluding carboxylic acids is 1. The smallest absolute Gasteiger partial charge is 0.229 e. The first-order valence-electron chi connectivity index (χ1n) is 4.56. The van der Waals surface area contributed by atoms with E-state index in [4.69, 9.17) is 11.6 Å². The van der Waals surface area contributed by atoms with Gasteiger partial charge in [0.25, 0.3) is 0 Å². The number of anilines is 1. The molecule has 1 fully saturated rings. The predicted octanol–water partition coefficient (Wildman–Crippen LogP) is 1.01. The van der Waals surface area contributed by atoms with Gasteiger partial charge in [0.2, 0.25) is 11.9 Å². The van der Waals surface area contributed by atoms with Gasteiger partial charge < -0.3 is 4.57 Å². The topological polar surface area (TPSA) is 38.1 Å². The van der Waals surface area contributed by atoms with Crippen molar-refractivity contribution >= 4 is 23.5 Å². The van der Waals surface area contributed by atoms with Crippen molar-refractivity contribution in [3.63, 3.8) is 0 Å². The maximum absolute atomic E-state index is 11.6. The van der Waals surface area contributed by atoms with Crippen LogP contribution in [0.25, 0.3) is 0 Å². The summed E-state index contributed by atoms with van der Waals surface area (Å²) in [5.41, 5.74) is 0. The van der Waals surface area contributed by atoms with Gasteiger partial charge in [0.1, 0.15) is 0 Å². The van der Waals surface area contributed by atoms with E-state index in [9.17, 15) is 4.79 Å². The minimum atomic E-state index is 0.116. The SMILES string of the molecule is Cn1ccnc1N1CC(CCl)CC1=O. The van der Waals surface area contributed by atoms with Crippen LogP contribution >= 0.6 is 11.6 Å². The zero-order valence-corrected chi connectivity index (χ0v) is 8.74. The molecule has 0 bridgehead atoms. The normalized spacial score (nSPS) is 22.0. The third kappa shape index (κ3) is 1.50. The largest absolute Gasteiger partial charge is 0.320 e. The highest BCUT2D eigenvalue weighted by molar-refractivity contribution is 6.18. The van der Waals surface area contributed by atoms with Gasteiger partial charge in [0, 0.05) is 38.3 Å². The summed E-state index contributed by atoms with van der Waals surface area (Å²) in [6, 6.07) is 0. The number of aryl methyl sites for hydroxylation is 1. The first-order valence-corrected chi connectivity index (χ1v) is 5.09. The van der Waals surface area contributed by atoms with E-state index in [1.54, 1.807) is 11.1 Å². The van der Waals surface area contributed by atoms with Crippen LogP contribution in [0.2, 0.25) is 0 Å². The highest BCUT2D eigenvalue weighted by Gasteiger charge is 2.31. The fourth-order valence-electron chi connectivity index (χ4n) is 1.70. The molecule has 1 aliphatic heterocycles. The van der Waals surface area contributed by atoms with Crippen LogP contribution in [0.5, 0.6) is 0 Å². The zero-order chi connectivity index (χ0) is 10.1. The molecule has 0 saturated carbocycles. The van der Waals surface area contributed by atoms with E-state index < -0.39 is 0 Å². The molecule has 0 radical (unpaired) electrons. The van der Waals surface area contributed by atoms with Crippen LogP contribution in [-0.2, 0) is 11.8 Å². The highest BCUT2D eigenvalue weighted by atomic mass is 35.5. The van der Waals surface area contributed by atoms with Crippen molar-refractivity contribution in [2.45, 2.75) is 6.42 Å². The lowest BCUT2D eigenvalue weighted by atomic mass is 10.2. The average molecular weight is 214 g/mol. The molecule has 4 nitrogen and oxygen atoms in total. The summed E-state index contributed by atoms with van der Waals surface area (Å²) in [4.78, 5) is 17.5. The van der Waals surface area contributed by atoms with Gasteiger partial charge in [-0.25, -0.2) is 4.98 Å². The minimum Gasteiger partial charge on any atom is -0.320 e. The molecule has 14 heavy (non-hydrogen) atoms. The van der Waals surface area contributed by atoms with Crippen LogP contribution in [0, 0.1) is 5.92 Å². The number of hydrogen-bond acceptors (Lipinski definition) is 2. The van der Waals surface area contributed by atoms with Gasteiger partial charge in [-0.05, 0) is 5.92 Å². The molecule has 5 heteroatoms. The molecule has 0 aliphatic carbocycles. The molecular formula is C9H12ClN3O. The van der Waals surface area contributed by atoms with E-state index in [1.807, 2.05) is 17.8 Å². The van der Waals surface area contributed by atoms with Gasteiger partial charge in [0.05, 0.1) is 0 Å². The molecule has 1 saturated heterocycles. The van der Waals surface area contributed by atoms with E-state index in [0.29, 0.717) is 24.8 Å². The number of nitrogens with zero attached hydrogens (tertiary/aromatic N) is 3. The van der Waals surface area contributed by atoms with Crippen molar-refractivity contribution in [2.75, 3.05) is 17.3 Å². The number of rotatable bonds is 2. The summed E-state index contributed by atoms with van der Waals surface area (Å²) in [5, 5.41) is 0. The molecule has 0 spiro atoms. The molecular weight excluding hydrogens is 202 g/mol. The summed E-state index contributed by atoms with van der Waals surface area (Å²) in [6.07, 6.45) is 4.06. The second kappa shape index (κ2) is 3.61. The maximum Gasteiger partial charge on any atom is 0.229 e. The van der Waals surface area contributed by atoms with Crippen LogP contribution in [-0.4, -0.2) is 27.9 Å². The number of alkyl halides is 1. The predicted molar refractivity (Wildman–Crippen MR) is 54.4 cm³/mol. The van der Waals surface area contributed by atoms with Crippen molar-refractivity contribution in [3.8, 4) is 0 Å². The fraction of sp³-hybridized carbons (Fsp3) is 0.556. The quantitative estimate of drug-likeness (QED) is 0.688. The average Bonchev–Trinajstić information content (AvgIpc) is 2.72. The van der Waals surface area contributed by atoms with E-state index in [-0.39, 0.29) is 11.8 Å². The molecule has 1 aromatic rings. The van der Waals surface area contributed by atoms with Crippen molar-refractivity contribution in [3.05, 3.63) is 12.4 Å². The molecule has 2 heterocycles. The number of carbonyl (C=O) groups is 1. The Kier molecular flexibility index (Phi) is 2.46. The Bertz CT molecular complexity index is 350. The third-order valence-electron chi connectivity index (χ3n) is 2.46. The summed E-state index contributed by atoms with van der Waals surface area (Å²) in [7, 11) is 1.88. The van der Waals surface area contributed by atoms with Crippen molar-refractivity contribution in [2.24, 2.45) is 13.0 Å². The first-order chi connectivity index (χ1) is 6.72. The minimum absolute atomic E-state index is 0.116. The number of halogens is 1. The maximum atomic E-state index is 11.6. The Morgan fingerprint density at radius 1 is 1.71 bits per heavy atom. The van der Waals surface area contributed by atoms with Crippen LogP contribution in [0.15, 0.2) is 12.4 Å². The summed E-state index contributed by atoms with van der Waals surface area (Å²) in [6.45, 7) is 0.688. The molecule has 76 valence electrons. The molecule has 1 aromatic heterocycles. The number of amides is 1. The van der Waals surface area contributed by atoms with Crippen molar-refractivity contribution in [1.82, 2.24) is 9.55 Å². The van der Waals surface area contributed by atoms with Gasteiger partial charge >= 0.3 is 0 Å². The molecule has 2 rings (SSSR count). The van der Waals surface area contributed by atoms with Crippen LogP contribution in [0.3, 0.4) is 0 Å². The zero-order valence-electron chi connectivity index (χ0n) is 7.98. The molecule has 0 N–H and O–H groups in total. The van der Waals surface area contributed by atoms with Crippen LogP contribution in [0.1, 0.15) is 6.42 Å². The number of hydrogen-bond donors (Lipinski definition) is 0. The summed E-state index contributed by atoms with van der Waals surface area (Å²) in [5.74, 6) is 1.63. The van der Waals surface area contributed by atoms with Crippen molar-refractivity contribution in [1.29, 1.82) is 0 Å². The first kappa shape index (κ1) is 9.52. The molecule has 1 aliphatic rings. The number of imidazole rings is 1. The Morgan fingerprint density at radius 3 is 3.00 bits per heavy atom. The summed E-state index contributed by atoms with van der Waals surface area (Å²) >= 11 is 5.73. The Balaban J connectivity index is 2.20. The van der Waals surface area contributed by atoms with Gasteiger partial charge in [-0.3, -0.25) is 9.69 Å². The van der Waals surface area contributed by atoms with E-state index >= 15 is 0 Å². The lowest BCUT2D eigenvalue weighted by Gasteiger charge is -2.14. The lowest BCUT2D eigenvalue weighted by molar-refractivity contribution is -0.117. The molecule has 0 aromatic carbocycles. The van der Waals surface area contributed by atoms with Crippen molar-refractivity contribution < 1.29 is 4.79 Å².